The van der Waals surface area contributed by atoms with Crippen molar-refractivity contribution in [1.29, 1.82) is 0 Å². The highest BCUT2D eigenvalue weighted by Gasteiger charge is 2.20. The summed E-state index contributed by atoms with van der Waals surface area (Å²) in [4.78, 5) is 0. The second-order valence-corrected chi connectivity index (χ2v) is 5.09. The van der Waals surface area contributed by atoms with E-state index in [2.05, 4.69) is 17.6 Å². The van der Waals surface area contributed by atoms with Crippen LogP contribution in [0.25, 0.3) is 0 Å². The zero-order valence-electron chi connectivity index (χ0n) is 9.45. The molecule has 1 unspecified atom stereocenters. The lowest BCUT2D eigenvalue weighted by Gasteiger charge is -2.20. The minimum Gasteiger partial charge on any atom is -0.271 e. The Balaban J connectivity index is 2.00. The minimum atomic E-state index is 0.264. The van der Waals surface area contributed by atoms with E-state index in [1.807, 2.05) is 12.1 Å². The molecular weight excluding hydrogens is 220 g/mol. The van der Waals surface area contributed by atoms with Crippen LogP contribution >= 0.6 is 11.6 Å². The van der Waals surface area contributed by atoms with Crippen LogP contribution in [-0.2, 0) is 0 Å². The van der Waals surface area contributed by atoms with Crippen LogP contribution in [0.4, 0.5) is 0 Å². The Morgan fingerprint density at radius 2 is 1.88 bits per heavy atom. The van der Waals surface area contributed by atoms with E-state index < -0.39 is 0 Å². The zero-order valence-corrected chi connectivity index (χ0v) is 10.2. The number of hydrazine groups is 1. The van der Waals surface area contributed by atoms with Gasteiger partial charge in [0.1, 0.15) is 0 Å². The van der Waals surface area contributed by atoms with Crippen LogP contribution < -0.4 is 11.3 Å². The maximum Gasteiger partial charge on any atom is 0.0462 e. The third-order valence-corrected chi connectivity index (χ3v) is 3.77. The van der Waals surface area contributed by atoms with Crippen molar-refractivity contribution in [2.45, 2.75) is 38.1 Å². The SMILES string of the molecule is NNC(CC1CCCC1)c1ccc(Cl)cc1. The number of nitrogens with one attached hydrogen (secondary N) is 1. The molecule has 1 aliphatic rings. The molecule has 0 heterocycles. The summed E-state index contributed by atoms with van der Waals surface area (Å²) in [6.45, 7) is 0. The largest absolute Gasteiger partial charge is 0.271 e. The molecule has 2 nitrogen and oxygen atoms in total. The fourth-order valence-electron chi connectivity index (χ4n) is 2.57. The van der Waals surface area contributed by atoms with Crippen LogP contribution in [0, 0.1) is 5.92 Å². The average Bonchev–Trinajstić information content (AvgIpc) is 2.80. The van der Waals surface area contributed by atoms with Crippen LogP contribution in [0.5, 0.6) is 0 Å². The van der Waals surface area contributed by atoms with Gasteiger partial charge in [-0.15, -0.1) is 0 Å². The lowest BCUT2D eigenvalue weighted by atomic mass is 9.94. The van der Waals surface area contributed by atoms with Crippen LogP contribution in [-0.4, -0.2) is 0 Å². The first kappa shape index (κ1) is 11.9. The van der Waals surface area contributed by atoms with Crippen LogP contribution in [0.1, 0.15) is 43.7 Å². The molecular formula is C13H19ClN2. The van der Waals surface area contributed by atoms with E-state index in [4.69, 9.17) is 17.4 Å². The lowest BCUT2D eigenvalue weighted by molar-refractivity contribution is 0.400. The molecule has 0 aliphatic heterocycles. The van der Waals surface area contributed by atoms with Gasteiger partial charge in [0.2, 0.25) is 0 Å². The summed E-state index contributed by atoms with van der Waals surface area (Å²) >= 11 is 5.88. The summed E-state index contributed by atoms with van der Waals surface area (Å²) < 4.78 is 0. The van der Waals surface area contributed by atoms with Crippen LogP contribution in [0.15, 0.2) is 24.3 Å². The Labute approximate surface area is 102 Å². The molecule has 1 aliphatic carbocycles. The number of hydrogen-bond acceptors (Lipinski definition) is 2. The first-order valence-corrected chi connectivity index (χ1v) is 6.39. The van der Waals surface area contributed by atoms with Gasteiger partial charge in [0, 0.05) is 11.1 Å². The van der Waals surface area contributed by atoms with Gasteiger partial charge in [-0.25, -0.2) is 0 Å². The highest BCUT2D eigenvalue weighted by molar-refractivity contribution is 6.30. The molecule has 0 bridgehead atoms. The molecule has 1 aromatic rings. The first-order chi connectivity index (χ1) is 7.79. The predicted molar refractivity (Wildman–Crippen MR) is 68.1 cm³/mol. The molecule has 88 valence electrons. The van der Waals surface area contributed by atoms with Gasteiger partial charge in [-0.2, -0.15) is 0 Å². The Morgan fingerprint density at radius 1 is 1.25 bits per heavy atom. The molecule has 3 N–H and O–H groups in total. The monoisotopic (exact) mass is 238 g/mol. The molecule has 0 amide bonds. The number of hydrogen-bond donors (Lipinski definition) is 2. The summed E-state index contributed by atoms with van der Waals surface area (Å²) in [5.74, 6) is 6.47. The molecule has 0 saturated heterocycles. The maximum absolute atomic E-state index is 5.88. The molecule has 1 fully saturated rings. The van der Waals surface area contributed by atoms with E-state index in [0.717, 1.165) is 17.4 Å². The lowest BCUT2D eigenvalue weighted by Crippen LogP contribution is -2.29. The molecule has 1 aromatic carbocycles. The van der Waals surface area contributed by atoms with Crippen molar-refractivity contribution < 1.29 is 0 Å². The molecule has 1 saturated carbocycles. The fourth-order valence-corrected chi connectivity index (χ4v) is 2.70. The van der Waals surface area contributed by atoms with Crippen molar-refractivity contribution in [3.8, 4) is 0 Å². The zero-order chi connectivity index (χ0) is 11.4. The van der Waals surface area contributed by atoms with Gasteiger partial charge in [0.25, 0.3) is 0 Å². The van der Waals surface area contributed by atoms with Gasteiger partial charge < -0.3 is 0 Å². The van der Waals surface area contributed by atoms with Crippen molar-refractivity contribution in [3.63, 3.8) is 0 Å². The molecule has 1 atom stereocenters. The highest BCUT2D eigenvalue weighted by Crippen LogP contribution is 2.32. The molecule has 0 spiro atoms. The van der Waals surface area contributed by atoms with E-state index in [0.29, 0.717) is 0 Å². The van der Waals surface area contributed by atoms with Gasteiger partial charge >= 0.3 is 0 Å². The summed E-state index contributed by atoms with van der Waals surface area (Å²) in [6.07, 6.45) is 6.60. The number of benzene rings is 1. The van der Waals surface area contributed by atoms with Crippen LogP contribution in [0.2, 0.25) is 5.02 Å². The number of rotatable bonds is 4. The molecule has 0 radical (unpaired) electrons. The Morgan fingerprint density at radius 3 is 2.44 bits per heavy atom. The van der Waals surface area contributed by atoms with E-state index in [-0.39, 0.29) is 6.04 Å². The summed E-state index contributed by atoms with van der Waals surface area (Å²) in [5, 5.41) is 0.778. The van der Waals surface area contributed by atoms with E-state index in [1.165, 1.54) is 31.2 Å². The standard InChI is InChI=1S/C13H19ClN2/c14-12-7-5-11(6-8-12)13(16-15)9-10-3-1-2-4-10/h5-8,10,13,16H,1-4,9,15H2. The highest BCUT2D eigenvalue weighted by atomic mass is 35.5. The second kappa shape index (κ2) is 5.67. The van der Waals surface area contributed by atoms with Gasteiger partial charge in [-0.3, -0.25) is 11.3 Å². The smallest absolute Gasteiger partial charge is 0.0462 e. The average molecular weight is 239 g/mol. The van der Waals surface area contributed by atoms with Crippen molar-refractivity contribution in [2.24, 2.45) is 11.8 Å². The van der Waals surface area contributed by atoms with Crippen molar-refractivity contribution in [2.75, 3.05) is 0 Å². The second-order valence-electron chi connectivity index (χ2n) is 4.66. The third kappa shape index (κ3) is 2.97. The Kier molecular flexibility index (Phi) is 4.22. The minimum absolute atomic E-state index is 0.264. The first-order valence-electron chi connectivity index (χ1n) is 6.01. The van der Waals surface area contributed by atoms with Gasteiger partial charge in [0.05, 0.1) is 0 Å². The van der Waals surface area contributed by atoms with Gasteiger partial charge in [-0.05, 0) is 30.0 Å². The van der Waals surface area contributed by atoms with Crippen molar-refractivity contribution >= 4 is 11.6 Å². The predicted octanol–water partition coefficient (Wildman–Crippen LogP) is 3.42. The topological polar surface area (TPSA) is 38.0 Å². The van der Waals surface area contributed by atoms with Gasteiger partial charge in [-0.1, -0.05) is 49.4 Å². The van der Waals surface area contributed by atoms with E-state index >= 15 is 0 Å². The maximum atomic E-state index is 5.88. The van der Waals surface area contributed by atoms with Crippen LogP contribution in [0.3, 0.4) is 0 Å². The van der Waals surface area contributed by atoms with Crippen molar-refractivity contribution in [3.05, 3.63) is 34.9 Å². The normalized spacial score (nSPS) is 18.9. The number of nitrogens with two attached hydrogens (primary N) is 1. The molecule has 3 heteroatoms. The summed E-state index contributed by atoms with van der Waals surface area (Å²) in [7, 11) is 0. The van der Waals surface area contributed by atoms with E-state index in [9.17, 15) is 0 Å². The quantitative estimate of drug-likeness (QED) is 0.623. The molecule has 0 aromatic heterocycles. The molecule has 2 rings (SSSR count). The third-order valence-electron chi connectivity index (χ3n) is 3.52. The summed E-state index contributed by atoms with van der Waals surface area (Å²) in [6, 6.07) is 8.23. The van der Waals surface area contributed by atoms with E-state index in [1.54, 1.807) is 0 Å². The van der Waals surface area contributed by atoms with Gasteiger partial charge in [0.15, 0.2) is 0 Å². The number of halogens is 1. The molecule has 16 heavy (non-hydrogen) atoms. The van der Waals surface area contributed by atoms with Crippen molar-refractivity contribution in [1.82, 2.24) is 5.43 Å². The summed E-state index contributed by atoms with van der Waals surface area (Å²) in [5.41, 5.74) is 4.16. The fraction of sp³-hybridized carbons (Fsp3) is 0.538. The Bertz CT molecular complexity index is 317. The Hall–Kier alpha value is -0.570.